The van der Waals surface area contributed by atoms with Gasteiger partial charge in [-0.05, 0) is 30.5 Å². The zero-order valence-electron chi connectivity index (χ0n) is 10.00. The Morgan fingerprint density at radius 1 is 1.18 bits per heavy atom. The molecule has 90 valence electrons. The van der Waals surface area contributed by atoms with Gasteiger partial charge in [0.25, 0.3) is 0 Å². The molecule has 1 aromatic carbocycles. The van der Waals surface area contributed by atoms with Crippen molar-refractivity contribution in [2.45, 2.75) is 25.4 Å². The zero-order valence-corrected chi connectivity index (χ0v) is 10.00. The highest BCUT2D eigenvalue weighted by molar-refractivity contribution is 5.82. The first-order valence-electron chi connectivity index (χ1n) is 6.42. The van der Waals surface area contributed by atoms with Crippen LogP contribution in [0.5, 0.6) is 0 Å². The summed E-state index contributed by atoms with van der Waals surface area (Å²) in [7, 11) is 0. The second-order valence-corrected chi connectivity index (χ2v) is 4.76. The average Bonchev–Trinajstić information content (AvgIpc) is 3.04. The van der Waals surface area contributed by atoms with Gasteiger partial charge in [-0.1, -0.05) is 12.1 Å². The van der Waals surface area contributed by atoms with Crippen LogP contribution < -0.4 is 10.6 Å². The molecule has 0 saturated heterocycles. The van der Waals surface area contributed by atoms with Gasteiger partial charge in [0.2, 0.25) is 0 Å². The third-order valence-electron chi connectivity index (χ3n) is 3.31. The normalized spacial score (nSPS) is 15.5. The van der Waals surface area contributed by atoms with Gasteiger partial charge in [-0.2, -0.15) is 0 Å². The van der Waals surface area contributed by atoms with Gasteiger partial charge < -0.3 is 15.6 Å². The van der Waals surface area contributed by atoms with Crippen LogP contribution in [0.15, 0.2) is 30.5 Å². The van der Waals surface area contributed by atoms with Crippen molar-refractivity contribution in [2.75, 3.05) is 13.1 Å². The largest absolute Gasteiger partial charge is 0.361 e. The number of aromatic amines is 1. The molecule has 0 atom stereocenters. The van der Waals surface area contributed by atoms with Crippen LogP contribution in [0.2, 0.25) is 0 Å². The zero-order chi connectivity index (χ0) is 11.5. The number of hydrogen-bond acceptors (Lipinski definition) is 2. The van der Waals surface area contributed by atoms with E-state index < -0.39 is 0 Å². The van der Waals surface area contributed by atoms with Crippen LogP contribution in [0.25, 0.3) is 10.9 Å². The molecule has 3 heteroatoms. The van der Waals surface area contributed by atoms with E-state index in [1.54, 1.807) is 0 Å². The lowest BCUT2D eigenvalue weighted by atomic mass is 10.1. The molecule has 0 amide bonds. The predicted octanol–water partition coefficient (Wildman–Crippen LogP) is 2.01. The monoisotopic (exact) mass is 229 g/mol. The van der Waals surface area contributed by atoms with E-state index in [0.717, 1.165) is 25.7 Å². The molecular weight excluding hydrogens is 210 g/mol. The van der Waals surface area contributed by atoms with Crippen molar-refractivity contribution < 1.29 is 0 Å². The molecule has 1 fully saturated rings. The van der Waals surface area contributed by atoms with E-state index in [-0.39, 0.29) is 0 Å². The molecule has 3 N–H and O–H groups in total. The predicted molar refractivity (Wildman–Crippen MR) is 71.0 cm³/mol. The minimum atomic E-state index is 0.810. The highest BCUT2D eigenvalue weighted by Crippen LogP contribution is 2.18. The molecule has 0 spiro atoms. The molecule has 1 aromatic heterocycles. The summed E-state index contributed by atoms with van der Waals surface area (Å²) in [5.74, 6) is 0. The van der Waals surface area contributed by atoms with Crippen molar-refractivity contribution in [2.24, 2.45) is 0 Å². The van der Waals surface area contributed by atoms with Crippen LogP contribution in [0, 0.1) is 0 Å². The number of aromatic nitrogens is 1. The summed E-state index contributed by atoms with van der Waals surface area (Å²) in [4.78, 5) is 3.24. The number of fused-ring (bicyclic) bond motifs is 1. The number of benzene rings is 1. The Balaban J connectivity index is 1.51. The molecular formula is C14H19N3. The fourth-order valence-electron chi connectivity index (χ4n) is 2.18. The second kappa shape index (κ2) is 4.90. The summed E-state index contributed by atoms with van der Waals surface area (Å²) >= 11 is 0. The fourth-order valence-corrected chi connectivity index (χ4v) is 2.18. The van der Waals surface area contributed by atoms with Gasteiger partial charge in [0, 0.05) is 42.8 Å². The molecule has 3 rings (SSSR count). The van der Waals surface area contributed by atoms with Crippen molar-refractivity contribution in [1.29, 1.82) is 0 Å². The third kappa shape index (κ3) is 2.68. The van der Waals surface area contributed by atoms with E-state index in [1.807, 2.05) is 6.20 Å². The topological polar surface area (TPSA) is 39.8 Å². The highest BCUT2D eigenvalue weighted by atomic mass is 15.0. The molecule has 0 bridgehead atoms. The first kappa shape index (κ1) is 10.8. The summed E-state index contributed by atoms with van der Waals surface area (Å²) < 4.78 is 0. The van der Waals surface area contributed by atoms with E-state index in [2.05, 4.69) is 39.9 Å². The lowest BCUT2D eigenvalue weighted by molar-refractivity contribution is 0.610. The highest BCUT2D eigenvalue weighted by Gasteiger charge is 2.19. The summed E-state index contributed by atoms with van der Waals surface area (Å²) in [6.45, 7) is 3.06. The van der Waals surface area contributed by atoms with E-state index in [4.69, 9.17) is 0 Å². The van der Waals surface area contributed by atoms with Gasteiger partial charge in [0.05, 0.1) is 0 Å². The number of H-pyrrole nitrogens is 1. The maximum absolute atomic E-state index is 3.51. The number of hydrogen-bond donors (Lipinski definition) is 3. The fraction of sp³-hybridized carbons (Fsp3) is 0.429. The van der Waals surface area contributed by atoms with Gasteiger partial charge in [0.1, 0.15) is 0 Å². The summed E-state index contributed by atoms with van der Waals surface area (Å²) in [6, 6.07) is 9.38. The van der Waals surface area contributed by atoms with E-state index in [1.165, 1.54) is 29.3 Å². The van der Waals surface area contributed by atoms with E-state index in [0.29, 0.717) is 0 Å². The molecule has 17 heavy (non-hydrogen) atoms. The van der Waals surface area contributed by atoms with Crippen LogP contribution in [0.4, 0.5) is 0 Å². The maximum Gasteiger partial charge on any atom is 0.0457 e. The minimum Gasteiger partial charge on any atom is -0.361 e. The Kier molecular flexibility index (Phi) is 3.12. The van der Waals surface area contributed by atoms with E-state index >= 15 is 0 Å². The Bertz CT molecular complexity index is 485. The van der Waals surface area contributed by atoms with Crippen LogP contribution in [0.3, 0.4) is 0 Å². The summed E-state index contributed by atoms with van der Waals surface area (Å²) in [5.41, 5.74) is 2.59. The lowest BCUT2D eigenvalue weighted by Crippen LogP contribution is -2.28. The van der Waals surface area contributed by atoms with Gasteiger partial charge in [0.15, 0.2) is 0 Å². The van der Waals surface area contributed by atoms with Crippen LogP contribution >= 0.6 is 0 Å². The van der Waals surface area contributed by atoms with Crippen molar-refractivity contribution in [3.05, 3.63) is 36.0 Å². The average molecular weight is 229 g/mol. The second-order valence-electron chi connectivity index (χ2n) is 4.76. The molecule has 1 aliphatic rings. The summed E-state index contributed by atoms with van der Waals surface area (Å²) in [6.07, 6.45) is 4.73. The van der Waals surface area contributed by atoms with Crippen molar-refractivity contribution in [1.82, 2.24) is 15.6 Å². The summed E-state index contributed by atoms with van der Waals surface area (Å²) in [5, 5.41) is 8.33. The molecule has 0 aliphatic heterocycles. The Hall–Kier alpha value is -1.32. The van der Waals surface area contributed by atoms with Crippen LogP contribution in [-0.4, -0.2) is 24.1 Å². The molecule has 0 unspecified atom stereocenters. The standard InChI is InChI=1S/C14H19N3/c1-2-11(13-6-7-17-14(13)3-1)10-15-8-9-16-12-4-5-12/h1-3,6-7,12,15-17H,4-5,8-10H2. The van der Waals surface area contributed by atoms with Crippen molar-refractivity contribution in [3.63, 3.8) is 0 Å². The third-order valence-corrected chi connectivity index (χ3v) is 3.31. The van der Waals surface area contributed by atoms with Gasteiger partial charge in [-0.15, -0.1) is 0 Å². The molecule has 0 radical (unpaired) electrons. The first-order chi connectivity index (χ1) is 8.43. The Morgan fingerprint density at radius 2 is 2.12 bits per heavy atom. The Labute approximate surface area is 102 Å². The SMILES string of the molecule is c1cc(CNCCNC2CC2)c2cc[nH]c2c1. The minimum absolute atomic E-state index is 0.810. The first-order valence-corrected chi connectivity index (χ1v) is 6.42. The molecule has 1 heterocycles. The quantitative estimate of drug-likeness (QED) is 0.663. The molecule has 1 saturated carbocycles. The maximum atomic E-state index is 3.51. The van der Waals surface area contributed by atoms with Crippen molar-refractivity contribution in [3.8, 4) is 0 Å². The molecule has 2 aromatic rings. The molecule has 3 nitrogen and oxygen atoms in total. The van der Waals surface area contributed by atoms with Crippen LogP contribution in [-0.2, 0) is 6.54 Å². The Morgan fingerprint density at radius 3 is 3.00 bits per heavy atom. The van der Waals surface area contributed by atoms with Gasteiger partial charge in [-0.3, -0.25) is 0 Å². The lowest BCUT2D eigenvalue weighted by Gasteiger charge is -2.07. The van der Waals surface area contributed by atoms with E-state index in [9.17, 15) is 0 Å². The smallest absolute Gasteiger partial charge is 0.0457 e. The van der Waals surface area contributed by atoms with Gasteiger partial charge in [-0.25, -0.2) is 0 Å². The van der Waals surface area contributed by atoms with Crippen molar-refractivity contribution >= 4 is 10.9 Å². The number of nitrogens with one attached hydrogen (secondary N) is 3. The van der Waals surface area contributed by atoms with Gasteiger partial charge >= 0.3 is 0 Å². The molecule has 1 aliphatic carbocycles. The van der Waals surface area contributed by atoms with Crippen LogP contribution in [0.1, 0.15) is 18.4 Å². The number of rotatable bonds is 6.